The van der Waals surface area contributed by atoms with E-state index in [1.165, 1.54) is 11.3 Å². The zero-order valence-electron chi connectivity index (χ0n) is 21.2. The number of urea groups is 1. The normalized spacial score (nSPS) is 34.6. The number of rotatable bonds is 4. The fraction of sp³-hybridized carbons (Fsp3) is 0.800. The van der Waals surface area contributed by atoms with Crippen molar-refractivity contribution >= 4 is 28.4 Å². The summed E-state index contributed by atoms with van der Waals surface area (Å²) in [5.41, 5.74) is -0.105. The molecular formula is C25H38N4O6S. The van der Waals surface area contributed by atoms with Crippen LogP contribution in [-0.4, -0.2) is 102 Å². The minimum absolute atomic E-state index is 0.0167. The summed E-state index contributed by atoms with van der Waals surface area (Å²) in [4.78, 5) is 35.8. The fourth-order valence-corrected chi connectivity index (χ4v) is 7.81. The number of nitrogens with one attached hydrogen (secondary N) is 1. The van der Waals surface area contributed by atoms with E-state index >= 15 is 0 Å². The standard InChI is InChI=1S/C25H38N4O6S/c1-24-4-3-19(31)25(2,15-30)18(24)14-17-21(16(24)13-20(32)28-5-9-34-10-6-28)26-22(36-17)27-23(33)29-7-11-35-12-8-29/h16,18-19,30-31H,3-15H2,1-2H3,(H,26,27,33). The lowest BCUT2D eigenvalue weighted by atomic mass is 9.47. The topological polar surface area (TPSA) is 124 Å². The minimum Gasteiger partial charge on any atom is -0.396 e. The molecule has 0 radical (unpaired) electrons. The summed E-state index contributed by atoms with van der Waals surface area (Å²) < 4.78 is 10.8. The molecule has 0 aromatic carbocycles. The molecule has 36 heavy (non-hydrogen) atoms. The number of aliphatic hydroxyl groups excluding tert-OH is 2. The first-order valence-electron chi connectivity index (χ1n) is 13.0. The molecule has 4 aliphatic rings. The van der Waals surface area contributed by atoms with Crippen LogP contribution in [0.4, 0.5) is 9.93 Å². The van der Waals surface area contributed by atoms with Crippen molar-refractivity contribution in [2.45, 2.75) is 51.6 Å². The van der Waals surface area contributed by atoms with Gasteiger partial charge in [0.25, 0.3) is 0 Å². The second-order valence-electron chi connectivity index (χ2n) is 11.1. The van der Waals surface area contributed by atoms with Crippen molar-refractivity contribution in [2.24, 2.45) is 16.7 Å². The first kappa shape index (κ1) is 25.8. The number of nitrogens with zero attached hydrogens (tertiary/aromatic N) is 3. The number of aromatic nitrogens is 1. The van der Waals surface area contributed by atoms with Gasteiger partial charge in [0, 0.05) is 48.8 Å². The average molecular weight is 523 g/mol. The molecule has 3 amide bonds. The highest BCUT2D eigenvalue weighted by Crippen LogP contribution is 2.62. The van der Waals surface area contributed by atoms with Gasteiger partial charge in [0.05, 0.1) is 44.8 Å². The van der Waals surface area contributed by atoms with Crippen LogP contribution in [0.2, 0.25) is 0 Å². The van der Waals surface area contributed by atoms with Gasteiger partial charge in [-0.2, -0.15) is 0 Å². The molecule has 5 atom stereocenters. The lowest BCUT2D eigenvalue weighted by molar-refractivity contribution is -0.149. The van der Waals surface area contributed by atoms with Gasteiger partial charge in [-0.1, -0.05) is 13.8 Å². The van der Waals surface area contributed by atoms with E-state index in [4.69, 9.17) is 14.5 Å². The molecule has 2 aliphatic carbocycles. The molecule has 10 nitrogen and oxygen atoms in total. The maximum absolute atomic E-state index is 13.4. The fourth-order valence-electron chi connectivity index (χ4n) is 6.75. The van der Waals surface area contributed by atoms with Crippen LogP contribution in [0.15, 0.2) is 0 Å². The van der Waals surface area contributed by atoms with Gasteiger partial charge in [0.15, 0.2) is 5.13 Å². The Bertz CT molecular complexity index is 978. The summed E-state index contributed by atoms with van der Waals surface area (Å²) in [6.07, 6.45) is 1.70. The van der Waals surface area contributed by atoms with Crippen LogP contribution in [0.3, 0.4) is 0 Å². The summed E-state index contributed by atoms with van der Waals surface area (Å²) >= 11 is 1.45. The van der Waals surface area contributed by atoms with Gasteiger partial charge in [0.1, 0.15) is 0 Å². The van der Waals surface area contributed by atoms with Crippen molar-refractivity contribution < 1.29 is 29.3 Å². The van der Waals surface area contributed by atoms with E-state index in [1.54, 1.807) is 4.90 Å². The van der Waals surface area contributed by atoms with E-state index in [0.717, 1.165) is 17.0 Å². The maximum atomic E-state index is 13.4. The van der Waals surface area contributed by atoms with Crippen LogP contribution in [0.5, 0.6) is 0 Å². The molecule has 3 heterocycles. The third kappa shape index (κ3) is 4.53. The van der Waals surface area contributed by atoms with E-state index < -0.39 is 11.5 Å². The highest BCUT2D eigenvalue weighted by Gasteiger charge is 2.59. The third-order valence-corrected chi connectivity index (χ3v) is 10.2. The quantitative estimate of drug-likeness (QED) is 0.549. The smallest absolute Gasteiger partial charge is 0.323 e. The van der Waals surface area contributed by atoms with Gasteiger partial charge in [0.2, 0.25) is 5.91 Å². The maximum Gasteiger partial charge on any atom is 0.323 e. The molecule has 1 aromatic heterocycles. The van der Waals surface area contributed by atoms with E-state index in [0.29, 0.717) is 77.0 Å². The Morgan fingerprint density at radius 2 is 1.75 bits per heavy atom. The molecule has 1 aromatic rings. The van der Waals surface area contributed by atoms with Crippen LogP contribution in [0.1, 0.15) is 49.6 Å². The first-order valence-corrected chi connectivity index (χ1v) is 13.9. The molecule has 0 bridgehead atoms. The van der Waals surface area contributed by atoms with Gasteiger partial charge in [-0.15, -0.1) is 11.3 Å². The number of fused-ring (bicyclic) bond motifs is 2. The zero-order valence-corrected chi connectivity index (χ0v) is 22.0. The minimum atomic E-state index is -0.674. The molecule has 1 saturated carbocycles. The number of anilines is 1. The highest BCUT2D eigenvalue weighted by atomic mass is 32.1. The number of carbonyl (C=O) groups excluding carboxylic acids is 2. The zero-order chi connectivity index (χ0) is 25.5. The van der Waals surface area contributed by atoms with Crippen molar-refractivity contribution in [1.82, 2.24) is 14.8 Å². The summed E-state index contributed by atoms with van der Waals surface area (Å²) in [6.45, 7) is 8.44. The van der Waals surface area contributed by atoms with E-state index in [2.05, 4.69) is 12.2 Å². The number of amides is 3. The van der Waals surface area contributed by atoms with Crippen molar-refractivity contribution in [1.29, 1.82) is 0 Å². The van der Waals surface area contributed by atoms with E-state index in [9.17, 15) is 19.8 Å². The number of hydrogen-bond acceptors (Lipinski definition) is 8. The summed E-state index contributed by atoms with van der Waals surface area (Å²) in [7, 11) is 0. The molecule has 3 N–H and O–H groups in total. The SMILES string of the molecule is CC1(CO)C(O)CCC2(C)C(CC(=O)N3CCOCC3)c3nc(NC(=O)N4CCOCC4)sc3CC12. The largest absolute Gasteiger partial charge is 0.396 e. The molecule has 0 spiro atoms. The Hall–Kier alpha value is -1.79. The predicted molar refractivity (Wildman–Crippen MR) is 134 cm³/mol. The lowest BCUT2D eigenvalue weighted by Crippen LogP contribution is -2.58. The highest BCUT2D eigenvalue weighted by molar-refractivity contribution is 7.15. The Morgan fingerprint density at radius 1 is 1.11 bits per heavy atom. The van der Waals surface area contributed by atoms with Crippen molar-refractivity contribution in [3.8, 4) is 0 Å². The molecule has 2 aliphatic heterocycles. The van der Waals surface area contributed by atoms with Crippen LogP contribution in [0.25, 0.3) is 0 Å². The van der Waals surface area contributed by atoms with Gasteiger partial charge < -0.3 is 29.5 Å². The first-order chi connectivity index (χ1) is 17.3. The van der Waals surface area contributed by atoms with Gasteiger partial charge in [-0.3, -0.25) is 10.1 Å². The Labute approximate surface area is 216 Å². The second kappa shape index (κ2) is 10.2. The summed E-state index contributed by atoms with van der Waals surface area (Å²) in [5.74, 6) is -0.0953. The Kier molecular flexibility index (Phi) is 7.30. The second-order valence-corrected chi connectivity index (χ2v) is 12.2. The number of ether oxygens (including phenoxy) is 2. The molecule has 3 fully saturated rings. The third-order valence-electron chi connectivity index (χ3n) is 9.15. The Morgan fingerprint density at radius 3 is 2.39 bits per heavy atom. The molecule has 5 rings (SSSR count). The number of morpholine rings is 2. The molecular weight excluding hydrogens is 484 g/mol. The monoisotopic (exact) mass is 522 g/mol. The number of carbonyl (C=O) groups is 2. The van der Waals surface area contributed by atoms with E-state index in [-0.39, 0.29) is 35.8 Å². The number of thiazole rings is 1. The van der Waals surface area contributed by atoms with Gasteiger partial charge >= 0.3 is 6.03 Å². The van der Waals surface area contributed by atoms with Gasteiger partial charge in [-0.05, 0) is 30.6 Å². The van der Waals surface area contributed by atoms with Gasteiger partial charge in [-0.25, -0.2) is 9.78 Å². The summed E-state index contributed by atoms with van der Waals surface area (Å²) in [5, 5.41) is 24.9. The van der Waals surface area contributed by atoms with Crippen LogP contribution in [-0.2, 0) is 20.7 Å². The van der Waals surface area contributed by atoms with Crippen molar-refractivity contribution in [3.63, 3.8) is 0 Å². The number of hydrogen-bond donors (Lipinski definition) is 3. The van der Waals surface area contributed by atoms with Crippen LogP contribution >= 0.6 is 11.3 Å². The molecule has 200 valence electrons. The van der Waals surface area contributed by atoms with Crippen molar-refractivity contribution in [3.05, 3.63) is 10.6 Å². The Balaban J connectivity index is 1.46. The summed E-state index contributed by atoms with van der Waals surface area (Å²) in [6, 6.07) is -0.190. The van der Waals surface area contributed by atoms with Crippen molar-refractivity contribution in [2.75, 3.05) is 64.5 Å². The number of aliphatic hydroxyl groups is 2. The van der Waals surface area contributed by atoms with E-state index in [1.807, 2.05) is 11.8 Å². The average Bonchev–Trinajstić information content (AvgIpc) is 3.30. The lowest BCUT2D eigenvalue weighted by Gasteiger charge is -2.58. The molecule has 2 saturated heterocycles. The van der Waals surface area contributed by atoms with Crippen LogP contribution in [0, 0.1) is 16.7 Å². The van der Waals surface area contributed by atoms with Crippen LogP contribution < -0.4 is 5.32 Å². The molecule has 5 unspecified atom stereocenters. The molecule has 11 heteroatoms. The predicted octanol–water partition coefficient (Wildman–Crippen LogP) is 1.67.